The summed E-state index contributed by atoms with van der Waals surface area (Å²) < 4.78 is 0. The summed E-state index contributed by atoms with van der Waals surface area (Å²) in [5, 5.41) is 18.3. The summed E-state index contributed by atoms with van der Waals surface area (Å²) in [7, 11) is 0. The van der Waals surface area contributed by atoms with Crippen LogP contribution < -0.4 is 0 Å². The molecule has 0 aliphatic heterocycles. The van der Waals surface area contributed by atoms with E-state index in [4.69, 9.17) is 0 Å². The third kappa shape index (κ3) is 3.56. The average molecular weight is 220 g/mol. The summed E-state index contributed by atoms with van der Waals surface area (Å²) in [6.07, 6.45) is 3.10. The van der Waals surface area contributed by atoms with Crippen molar-refractivity contribution in [3.8, 4) is 0 Å². The normalized spacial score (nSPS) is 18.4. The molecule has 8 nitrogen and oxygen atoms in total. The van der Waals surface area contributed by atoms with Crippen LogP contribution >= 0.6 is 0 Å². The lowest BCUT2D eigenvalue weighted by atomic mass is 9.88. The van der Waals surface area contributed by atoms with E-state index < -0.39 is 15.6 Å². The summed E-state index contributed by atoms with van der Waals surface area (Å²) in [5.74, 6) is 0. The molecular formula is C7H12N2O6. The minimum absolute atomic E-state index is 0.131. The van der Waals surface area contributed by atoms with Gasteiger partial charge < -0.3 is 9.68 Å². The lowest BCUT2D eigenvalue weighted by Crippen LogP contribution is -2.31. The van der Waals surface area contributed by atoms with E-state index in [2.05, 4.69) is 9.68 Å². The van der Waals surface area contributed by atoms with Gasteiger partial charge in [0.05, 0.1) is 0 Å². The molecule has 1 aliphatic carbocycles. The molecule has 0 aromatic heterocycles. The first-order valence-corrected chi connectivity index (χ1v) is 4.59. The Bertz CT molecular complexity index is 230. The molecule has 0 atom stereocenters. The van der Waals surface area contributed by atoms with Gasteiger partial charge in [0.2, 0.25) is 0 Å². The zero-order valence-electron chi connectivity index (χ0n) is 8.09. The van der Waals surface area contributed by atoms with Gasteiger partial charge in [-0.2, -0.15) is 0 Å². The monoisotopic (exact) mass is 220 g/mol. The number of nitrogens with zero attached hydrogens (tertiary/aromatic N) is 2. The zero-order chi connectivity index (χ0) is 11.3. The Morgan fingerprint density at radius 3 is 1.73 bits per heavy atom. The fourth-order valence-electron chi connectivity index (χ4n) is 1.83. The second-order valence-electron chi connectivity index (χ2n) is 3.70. The van der Waals surface area contributed by atoms with Gasteiger partial charge in [-0.25, -0.2) is 0 Å². The molecular weight excluding hydrogens is 208 g/mol. The van der Waals surface area contributed by atoms with Gasteiger partial charge in [0.25, 0.3) is 10.2 Å². The molecule has 0 aromatic carbocycles. The first kappa shape index (κ1) is 11.5. The van der Waals surface area contributed by atoms with Crippen LogP contribution in [0.5, 0.6) is 0 Å². The Morgan fingerprint density at radius 1 is 1.00 bits per heavy atom. The van der Waals surface area contributed by atoms with Crippen molar-refractivity contribution >= 4 is 0 Å². The molecule has 0 radical (unpaired) electrons. The molecule has 0 heterocycles. The van der Waals surface area contributed by atoms with E-state index in [-0.39, 0.29) is 13.2 Å². The molecule has 1 aliphatic rings. The fraction of sp³-hybridized carbons (Fsp3) is 1.00. The van der Waals surface area contributed by atoms with Gasteiger partial charge in [-0.1, -0.05) is 12.8 Å². The molecule has 0 saturated heterocycles. The van der Waals surface area contributed by atoms with Crippen molar-refractivity contribution in [3.63, 3.8) is 0 Å². The predicted molar refractivity (Wildman–Crippen MR) is 46.8 cm³/mol. The first-order valence-electron chi connectivity index (χ1n) is 4.59. The Balaban J connectivity index is 2.46. The van der Waals surface area contributed by atoms with E-state index in [0.29, 0.717) is 12.8 Å². The maximum absolute atomic E-state index is 10.0. The second kappa shape index (κ2) is 4.76. The van der Waals surface area contributed by atoms with Crippen molar-refractivity contribution in [1.82, 2.24) is 0 Å². The third-order valence-electron chi connectivity index (χ3n) is 2.62. The summed E-state index contributed by atoms with van der Waals surface area (Å²) in [6.45, 7) is -0.262. The average Bonchev–Trinajstić information content (AvgIpc) is 2.61. The van der Waals surface area contributed by atoms with Gasteiger partial charge in [-0.3, -0.25) is 0 Å². The van der Waals surface area contributed by atoms with Crippen LogP contribution in [-0.4, -0.2) is 23.4 Å². The minimum Gasteiger partial charge on any atom is -0.313 e. The van der Waals surface area contributed by atoms with Crippen LogP contribution in [0.2, 0.25) is 0 Å². The van der Waals surface area contributed by atoms with Gasteiger partial charge >= 0.3 is 0 Å². The fourth-order valence-corrected chi connectivity index (χ4v) is 1.83. The third-order valence-corrected chi connectivity index (χ3v) is 2.62. The van der Waals surface area contributed by atoms with Crippen LogP contribution in [0.15, 0.2) is 0 Å². The Labute approximate surface area is 85.4 Å². The smallest absolute Gasteiger partial charge is 0.294 e. The molecule has 0 spiro atoms. The topological polar surface area (TPSA) is 105 Å². The van der Waals surface area contributed by atoms with Gasteiger partial charge in [-0.05, 0) is 12.8 Å². The summed E-state index contributed by atoms with van der Waals surface area (Å²) in [6, 6.07) is 0. The highest BCUT2D eigenvalue weighted by atomic mass is 17.0. The Hall–Kier alpha value is -1.60. The summed E-state index contributed by atoms with van der Waals surface area (Å²) >= 11 is 0. The molecule has 1 fully saturated rings. The van der Waals surface area contributed by atoms with Gasteiger partial charge in [0.15, 0.2) is 0 Å². The second-order valence-corrected chi connectivity index (χ2v) is 3.70. The minimum atomic E-state index is -0.883. The van der Waals surface area contributed by atoms with Crippen LogP contribution in [-0.2, 0) is 9.68 Å². The van der Waals surface area contributed by atoms with Crippen molar-refractivity contribution in [2.24, 2.45) is 5.41 Å². The molecule has 0 aromatic rings. The van der Waals surface area contributed by atoms with Crippen LogP contribution in [0.4, 0.5) is 0 Å². The molecule has 0 N–H and O–H groups in total. The summed E-state index contributed by atoms with van der Waals surface area (Å²) in [5.41, 5.74) is -0.569. The van der Waals surface area contributed by atoms with Crippen molar-refractivity contribution in [3.05, 3.63) is 20.2 Å². The molecule has 8 heteroatoms. The van der Waals surface area contributed by atoms with E-state index in [1.165, 1.54) is 0 Å². The van der Waals surface area contributed by atoms with Gasteiger partial charge in [-0.15, -0.1) is 20.2 Å². The van der Waals surface area contributed by atoms with Crippen molar-refractivity contribution < 1.29 is 19.8 Å². The molecule has 1 saturated carbocycles. The summed E-state index contributed by atoms with van der Waals surface area (Å²) in [4.78, 5) is 28.7. The van der Waals surface area contributed by atoms with Crippen LogP contribution in [0.1, 0.15) is 25.7 Å². The first-order chi connectivity index (χ1) is 7.04. The maximum Gasteiger partial charge on any atom is 0.294 e. The number of hydrogen-bond acceptors (Lipinski definition) is 6. The molecule has 86 valence electrons. The SMILES string of the molecule is O=[N+]([O-])OCC1(CO[N+](=O)[O-])CCCC1. The van der Waals surface area contributed by atoms with E-state index in [9.17, 15) is 20.2 Å². The van der Waals surface area contributed by atoms with Crippen molar-refractivity contribution in [1.29, 1.82) is 0 Å². The van der Waals surface area contributed by atoms with Crippen molar-refractivity contribution in [2.75, 3.05) is 13.2 Å². The lowest BCUT2D eigenvalue weighted by Gasteiger charge is -2.25. The van der Waals surface area contributed by atoms with Gasteiger partial charge in [0, 0.05) is 5.41 Å². The molecule has 1 rings (SSSR count). The van der Waals surface area contributed by atoms with E-state index in [1.807, 2.05) is 0 Å². The number of hydrogen-bond donors (Lipinski definition) is 0. The molecule has 0 bridgehead atoms. The standard InChI is InChI=1S/C7H12N2O6/c10-8(11)14-5-7(3-1-2-4-7)6-15-9(12)13/h1-6H2. The quantitative estimate of drug-likeness (QED) is 0.487. The van der Waals surface area contributed by atoms with E-state index >= 15 is 0 Å². The molecule has 0 unspecified atom stereocenters. The van der Waals surface area contributed by atoms with Gasteiger partial charge in [0.1, 0.15) is 13.2 Å². The van der Waals surface area contributed by atoms with Crippen LogP contribution in [0, 0.1) is 25.6 Å². The molecule has 15 heavy (non-hydrogen) atoms. The van der Waals surface area contributed by atoms with E-state index in [1.54, 1.807) is 0 Å². The number of rotatable bonds is 6. The maximum atomic E-state index is 10.0. The Kier molecular flexibility index (Phi) is 3.64. The predicted octanol–water partition coefficient (Wildman–Crippen LogP) is 0.963. The lowest BCUT2D eigenvalue weighted by molar-refractivity contribution is -0.772. The highest BCUT2D eigenvalue weighted by Crippen LogP contribution is 2.38. The molecule has 0 amide bonds. The van der Waals surface area contributed by atoms with Crippen LogP contribution in [0.3, 0.4) is 0 Å². The highest BCUT2D eigenvalue weighted by molar-refractivity contribution is 4.83. The van der Waals surface area contributed by atoms with Crippen molar-refractivity contribution in [2.45, 2.75) is 25.7 Å². The largest absolute Gasteiger partial charge is 0.313 e. The highest BCUT2D eigenvalue weighted by Gasteiger charge is 2.36. The zero-order valence-corrected chi connectivity index (χ0v) is 8.09. The van der Waals surface area contributed by atoms with Crippen LogP contribution in [0.25, 0.3) is 0 Å². The Morgan fingerprint density at radius 2 is 1.40 bits per heavy atom. The van der Waals surface area contributed by atoms with E-state index in [0.717, 1.165) is 12.8 Å².